The molecule has 2 amide bonds. The second-order valence-electron chi connectivity index (χ2n) is 7.15. The van der Waals surface area contributed by atoms with Crippen LogP contribution in [0, 0.1) is 5.82 Å². The summed E-state index contributed by atoms with van der Waals surface area (Å²) in [5.74, 6) is 0.366. The van der Waals surface area contributed by atoms with Crippen molar-refractivity contribution in [3.05, 3.63) is 83.3 Å². The Balaban J connectivity index is 1.25. The van der Waals surface area contributed by atoms with Crippen LogP contribution in [-0.2, 0) is 6.54 Å². The number of hydrogen-bond donors (Lipinski definition) is 1. The predicted molar refractivity (Wildman–Crippen MR) is 118 cm³/mol. The molecule has 0 unspecified atom stereocenters. The first-order chi connectivity index (χ1) is 15.1. The molecule has 1 fully saturated rings. The molecule has 3 aromatic rings. The molecule has 2 heterocycles. The molecule has 1 aromatic heterocycles. The number of pyridine rings is 1. The number of piperazine rings is 1. The van der Waals surface area contributed by atoms with Crippen LogP contribution in [0.25, 0.3) is 0 Å². The van der Waals surface area contributed by atoms with E-state index in [-0.39, 0.29) is 11.8 Å². The van der Waals surface area contributed by atoms with Crippen LogP contribution >= 0.6 is 11.6 Å². The van der Waals surface area contributed by atoms with Gasteiger partial charge in [-0.05, 0) is 29.8 Å². The lowest BCUT2D eigenvalue weighted by atomic mass is 10.2. The van der Waals surface area contributed by atoms with E-state index in [0.717, 1.165) is 29.4 Å². The lowest BCUT2D eigenvalue weighted by Crippen LogP contribution is -2.51. The molecule has 1 N–H and O–H groups in total. The first-order valence-electron chi connectivity index (χ1n) is 9.99. The third-order valence-electron chi connectivity index (χ3n) is 5.02. The first kappa shape index (κ1) is 20.9. The molecule has 0 atom stereocenters. The van der Waals surface area contributed by atoms with Gasteiger partial charge < -0.3 is 19.9 Å². The number of carbonyl (C=O) groups excluding carboxylic acids is 1. The summed E-state index contributed by atoms with van der Waals surface area (Å²) in [5, 5.41) is 3.64. The number of hydrogen-bond acceptors (Lipinski definition) is 4. The number of nitrogens with zero attached hydrogens (tertiary/aromatic N) is 3. The van der Waals surface area contributed by atoms with Gasteiger partial charge in [-0.15, -0.1) is 0 Å². The molecule has 1 saturated heterocycles. The lowest BCUT2D eigenvalue weighted by Gasteiger charge is -2.36. The third-order valence-corrected chi connectivity index (χ3v) is 5.34. The second-order valence-corrected chi connectivity index (χ2v) is 7.56. The zero-order chi connectivity index (χ0) is 21.6. The van der Waals surface area contributed by atoms with Gasteiger partial charge in [-0.25, -0.2) is 14.2 Å². The number of rotatable bonds is 5. The minimum absolute atomic E-state index is 0.112. The Hall–Kier alpha value is -3.32. The van der Waals surface area contributed by atoms with Crippen LogP contribution in [0.2, 0.25) is 5.02 Å². The Morgan fingerprint density at radius 3 is 2.58 bits per heavy atom. The van der Waals surface area contributed by atoms with Crippen LogP contribution in [0.4, 0.5) is 14.9 Å². The van der Waals surface area contributed by atoms with Gasteiger partial charge in [-0.1, -0.05) is 35.9 Å². The topological polar surface area (TPSA) is 57.7 Å². The SMILES string of the molecule is O=C(NCc1ccc(Oc2cccc(F)c2)nc1)N1CCN(c2ccccc2Cl)CC1. The third kappa shape index (κ3) is 5.44. The normalized spacial score (nSPS) is 13.7. The van der Waals surface area contributed by atoms with Gasteiger partial charge in [0.1, 0.15) is 11.6 Å². The van der Waals surface area contributed by atoms with Crippen molar-refractivity contribution in [2.75, 3.05) is 31.1 Å². The van der Waals surface area contributed by atoms with Crippen LogP contribution in [-0.4, -0.2) is 42.1 Å². The number of para-hydroxylation sites is 1. The molecule has 2 aromatic carbocycles. The Morgan fingerprint density at radius 2 is 1.87 bits per heavy atom. The number of nitrogens with one attached hydrogen (secondary N) is 1. The molecule has 160 valence electrons. The summed E-state index contributed by atoms with van der Waals surface area (Å²) in [5.41, 5.74) is 1.84. The highest BCUT2D eigenvalue weighted by Gasteiger charge is 2.22. The Morgan fingerprint density at radius 1 is 1.06 bits per heavy atom. The van der Waals surface area contributed by atoms with Gasteiger partial charge in [0.25, 0.3) is 0 Å². The van der Waals surface area contributed by atoms with E-state index >= 15 is 0 Å². The standard InChI is InChI=1S/C23H22ClFN4O2/c24-20-6-1-2-7-21(20)28-10-12-29(13-11-28)23(30)27-16-17-8-9-22(26-15-17)31-19-5-3-4-18(25)14-19/h1-9,14-15H,10-13,16H2,(H,27,30). The van der Waals surface area contributed by atoms with Gasteiger partial charge in [0.15, 0.2) is 0 Å². The van der Waals surface area contributed by atoms with Crippen molar-refractivity contribution >= 4 is 23.3 Å². The molecule has 4 rings (SSSR count). The summed E-state index contributed by atoms with van der Waals surface area (Å²) in [4.78, 5) is 20.7. The summed E-state index contributed by atoms with van der Waals surface area (Å²) in [6.07, 6.45) is 1.63. The average molecular weight is 441 g/mol. The number of benzene rings is 2. The van der Waals surface area contributed by atoms with E-state index < -0.39 is 0 Å². The number of carbonyl (C=O) groups is 1. The van der Waals surface area contributed by atoms with E-state index in [1.54, 1.807) is 29.3 Å². The zero-order valence-electron chi connectivity index (χ0n) is 16.8. The highest BCUT2D eigenvalue weighted by atomic mass is 35.5. The van der Waals surface area contributed by atoms with Crippen LogP contribution in [0.15, 0.2) is 66.9 Å². The van der Waals surface area contributed by atoms with Gasteiger partial charge >= 0.3 is 6.03 Å². The van der Waals surface area contributed by atoms with E-state index in [0.29, 0.717) is 31.3 Å². The van der Waals surface area contributed by atoms with Crippen LogP contribution in [0.3, 0.4) is 0 Å². The number of halogens is 2. The maximum absolute atomic E-state index is 13.2. The van der Waals surface area contributed by atoms with Gasteiger partial charge in [0.05, 0.1) is 10.7 Å². The highest BCUT2D eigenvalue weighted by molar-refractivity contribution is 6.33. The summed E-state index contributed by atoms with van der Waals surface area (Å²) in [7, 11) is 0. The smallest absolute Gasteiger partial charge is 0.317 e. The number of aromatic nitrogens is 1. The second kappa shape index (κ2) is 9.66. The molecule has 0 aliphatic carbocycles. The van der Waals surface area contributed by atoms with Crippen LogP contribution in [0.1, 0.15) is 5.56 Å². The molecule has 0 bridgehead atoms. The van der Waals surface area contributed by atoms with Crippen molar-refractivity contribution in [1.82, 2.24) is 15.2 Å². The number of urea groups is 1. The fraction of sp³-hybridized carbons (Fsp3) is 0.217. The highest BCUT2D eigenvalue weighted by Crippen LogP contribution is 2.26. The number of ether oxygens (including phenoxy) is 1. The summed E-state index contributed by atoms with van der Waals surface area (Å²) < 4.78 is 18.8. The van der Waals surface area contributed by atoms with Crippen molar-refractivity contribution in [2.45, 2.75) is 6.54 Å². The first-order valence-corrected chi connectivity index (χ1v) is 10.4. The molecule has 1 aliphatic rings. The predicted octanol–water partition coefficient (Wildman–Crippen LogP) is 4.70. The largest absolute Gasteiger partial charge is 0.439 e. The Kier molecular flexibility index (Phi) is 6.52. The Bertz CT molecular complexity index is 1040. The van der Waals surface area contributed by atoms with Gasteiger partial charge in [-0.2, -0.15) is 0 Å². The number of anilines is 1. The summed E-state index contributed by atoms with van der Waals surface area (Å²) in [6.45, 7) is 3.05. The lowest BCUT2D eigenvalue weighted by molar-refractivity contribution is 0.194. The number of amides is 2. The fourth-order valence-corrected chi connectivity index (χ4v) is 3.63. The molecule has 8 heteroatoms. The van der Waals surface area contributed by atoms with Gasteiger partial charge in [0, 0.05) is 51.1 Å². The summed E-state index contributed by atoms with van der Waals surface area (Å²) in [6, 6.07) is 17.0. The zero-order valence-corrected chi connectivity index (χ0v) is 17.6. The molecule has 0 spiro atoms. The molecule has 0 saturated carbocycles. The van der Waals surface area contributed by atoms with Crippen LogP contribution < -0.4 is 15.0 Å². The molecule has 31 heavy (non-hydrogen) atoms. The fourth-order valence-electron chi connectivity index (χ4n) is 3.38. The van der Waals surface area contributed by atoms with Crippen molar-refractivity contribution in [3.63, 3.8) is 0 Å². The quantitative estimate of drug-likeness (QED) is 0.625. The van der Waals surface area contributed by atoms with Gasteiger partial charge in [0.2, 0.25) is 5.88 Å². The molecule has 0 radical (unpaired) electrons. The van der Waals surface area contributed by atoms with E-state index in [2.05, 4.69) is 15.2 Å². The van der Waals surface area contributed by atoms with E-state index in [1.807, 2.05) is 30.3 Å². The average Bonchev–Trinajstić information content (AvgIpc) is 2.79. The maximum Gasteiger partial charge on any atom is 0.317 e. The minimum atomic E-state index is -0.371. The van der Waals surface area contributed by atoms with Crippen molar-refractivity contribution in [3.8, 4) is 11.6 Å². The monoisotopic (exact) mass is 440 g/mol. The van der Waals surface area contributed by atoms with E-state index in [9.17, 15) is 9.18 Å². The maximum atomic E-state index is 13.2. The van der Waals surface area contributed by atoms with Crippen molar-refractivity contribution < 1.29 is 13.9 Å². The van der Waals surface area contributed by atoms with E-state index in [1.165, 1.54) is 12.1 Å². The van der Waals surface area contributed by atoms with E-state index in [4.69, 9.17) is 16.3 Å². The van der Waals surface area contributed by atoms with Crippen molar-refractivity contribution in [1.29, 1.82) is 0 Å². The summed E-state index contributed by atoms with van der Waals surface area (Å²) >= 11 is 6.27. The van der Waals surface area contributed by atoms with Crippen LogP contribution in [0.5, 0.6) is 11.6 Å². The molecular formula is C23H22ClFN4O2. The Labute approximate surface area is 185 Å². The molecule has 6 nitrogen and oxygen atoms in total. The molecular weight excluding hydrogens is 419 g/mol. The van der Waals surface area contributed by atoms with Crippen molar-refractivity contribution in [2.24, 2.45) is 0 Å². The minimum Gasteiger partial charge on any atom is -0.439 e. The molecule has 1 aliphatic heterocycles. The van der Waals surface area contributed by atoms with Gasteiger partial charge in [-0.3, -0.25) is 0 Å².